The summed E-state index contributed by atoms with van der Waals surface area (Å²) in [7, 11) is 2.92. The summed E-state index contributed by atoms with van der Waals surface area (Å²) in [4.78, 5) is 13.9. The van der Waals surface area contributed by atoms with Crippen molar-refractivity contribution < 1.29 is 63.5 Å². The summed E-state index contributed by atoms with van der Waals surface area (Å²) in [5.41, 5.74) is -0.565. The zero-order valence-electron chi connectivity index (χ0n) is 22.9. The quantitative estimate of drug-likeness (QED) is 0.264. The van der Waals surface area contributed by atoms with E-state index >= 15 is 0 Å². The van der Waals surface area contributed by atoms with Gasteiger partial charge in [-0.05, 0) is 23.8 Å². The minimum Gasteiger partial charge on any atom is -0.493 e. The number of ether oxygens (including phenoxy) is 7. The predicted octanol–water partition coefficient (Wildman–Crippen LogP) is -0.396. The Morgan fingerprint density at radius 1 is 1.05 bits per heavy atom. The number of hydrogen-bond donors (Lipinski definition) is 5. The predicted molar refractivity (Wildman–Crippen MR) is 141 cm³/mol. The molecule has 0 amide bonds. The monoisotopic (exact) mass is 588 g/mol. The normalized spacial score (nSPS) is 32.7. The maximum absolute atomic E-state index is 13.9. The Hall–Kier alpha value is -3.43. The number of hydrogen-bond acceptors (Lipinski definition) is 13. The highest BCUT2D eigenvalue weighted by Gasteiger charge is 2.57. The number of carbonyl (C=O) groups is 1. The van der Waals surface area contributed by atoms with Gasteiger partial charge in [0.1, 0.15) is 54.4 Å². The van der Waals surface area contributed by atoms with Gasteiger partial charge in [-0.25, -0.2) is 0 Å². The van der Waals surface area contributed by atoms with Crippen LogP contribution in [0.3, 0.4) is 0 Å². The fraction of sp³-hybridized carbons (Fsp3) is 0.483. The highest BCUT2D eigenvalue weighted by molar-refractivity contribution is 6.07. The van der Waals surface area contributed by atoms with Gasteiger partial charge in [-0.3, -0.25) is 4.79 Å². The van der Waals surface area contributed by atoms with Crippen LogP contribution in [0.2, 0.25) is 0 Å². The van der Waals surface area contributed by atoms with Crippen LogP contribution in [0.5, 0.6) is 28.7 Å². The number of methoxy groups -OCH3 is 2. The van der Waals surface area contributed by atoms with Crippen LogP contribution < -0.4 is 23.7 Å². The largest absolute Gasteiger partial charge is 0.493 e. The molecule has 4 aliphatic heterocycles. The summed E-state index contributed by atoms with van der Waals surface area (Å²) < 4.78 is 39.9. The number of aliphatic hydroxyl groups excluding tert-OH is 4. The molecule has 42 heavy (non-hydrogen) atoms. The molecule has 0 saturated carbocycles. The molecule has 0 aromatic heterocycles. The van der Waals surface area contributed by atoms with Crippen molar-refractivity contribution in [3.05, 3.63) is 53.1 Å². The van der Waals surface area contributed by atoms with Crippen molar-refractivity contribution in [2.24, 2.45) is 0 Å². The molecule has 8 unspecified atom stereocenters. The number of rotatable bonds is 7. The Labute approximate surface area is 240 Å². The maximum atomic E-state index is 13.9. The van der Waals surface area contributed by atoms with Crippen LogP contribution >= 0.6 is 0 Å². The molecule has 6 rings (SSSR count). The van der Waals surface area contributed by atoms with E-state index in [1.165, 1.54) is 26.4 Å². The van der Waals surface area contributed by atoms with Gasteiger partial charge in [0.2, 0.25) is 5.78 Å². The first-order valence-corrected chi connectivity index (χ1v) is 13.4. The number of Topliss-reactive ketones (excluding diaryl/α,β-unsaturated/α-hetero) is 1. The Kier molecular flexibility index (Phi) is 7.30. The number of ketones is 1. The van der Waals surface area contributed by atoms with Crippen LogP contribution in [0.1, 0.15) is 21.5 Å². The molecule has 0 radical (unpaired) electrons. The lowest BCUT2D eigenvalue weighted by atomic mass is 9.77. The second kappa shape index (κ2) is 10.7. The van der Waals surface area contributed by atoms with Gasteiger partial charge >= 0.3 is 0 Å². The van der Waals surface area contributed by atoms with Gasteiger partial charge in [-0.1, -0.05) is 6.58 Å². The van der Waals surface area contributed by atoms with Gasteiger partial charge in [0.05, 0.1) is 33.0 Å². The van der Waals surface area contributed by atoms with Crippen molar-refractivity contribution in [2.45, 2.75) is 54.9 Å². The molecule has 0 bridgehead atoms. The maximum Gasteiger partial charge on any atom is 0.206 e. The van der Waals surface area contributed by atoms with E-state index in [9.17, 15) is 30.3 Å². The van der Waals surface area contributed by atoms with Crippen LogP contribution in [0, 0.1) is 0 Å². The van der Waals surface area contributed by atoms with Crippen LogP contribution in [0.25, 0.3) is 0 Å². The second-order valence-corrected chi connectivity index (χ2v) is 10.6. The fourth-order valence-electron chi connectivity index (χ4n) is 5.79. The molecule has 4 aliphatic rings. The standard InChI is InChI=1S/C29H32O13/c1-12(10-39-28-25(33)24(32)23(31)21(9-30)41-28)17-6-14-16(40-17)5-4-13-26(14)42-22-11-38-18-8-20(37-3)19(36-2)7-15(18)29(22,35)27(13)34/h4-5,7-8,17,21-25,28,30-33,35H,1,6,9-11H2,2-3H3. The Balaban J connectivity index is 1.21. The van der Waals surface area contributed by atoms with Crippen molar-refractivity contribution >= 4 is 5.78 Å². The van der Waals surface area contributed by atoms with E-state index in [0.717, 1.165) is 0 Å². The minimum absolute atomic E-state index is 0.0994. The lowest BCUT2D eigenvalue weighted by Crippen LogP contribution is -2.59. The highest BCUT2D eigenvalue weighted by atomic mass is 16.7. The lowest BCUT2D eigenvalue weighted by molar-refractivity contribution is -0.299. The average Bonchev–Trinajstić information content (AvgIpc) is 3.45. The molecule has 5 N–H and O–H groups in total. The summed E-state index contributed by atoms with van der Waals surface area (Å²) in [5.74, 6) is 1.19. The molecular formula is C29H32O13. The fourth-order valence-corrected chi connectivity index (χ4v) is 5.79. The second-order valence-electron chi connectivity index (χ2n) is 10.6. The smallest absolute Gasteiger partial charge is 0.206 e. The Bertz CT molecular complexity index is 1410. The van der Waals surface area contributed by atoms with Gasteiger partial charge in [0, 0.05) is 23.6 Å². The average molecular weight is 589 g/mol. The number of fused-ring (bicyclic) bond motifs is 6. The van der Waals surface area contributed by atoms with E-state index in [1.807, 2.05) is 0 Å². The zero-order valence-corrected chi connectivity index (χ0v) is 22.9. The first-order valence-electron chi connectivity index (χ1n) is 13.4. The van der Waals surface area contributed by atoms with E-state index in [0.29, 0.717) is 28.4 Å². The Morgan fingerprint density at radius 3 is 2.50 bits per heavy atom. The SMILES string of the molecule is C=C(COC1OC(CO)C(O)C(O)C1O)C1Cc2c(ccc3c2OC2COc4cc(OC)c(OC)cc4C2(O)C3=O)O1. The van der Waals surface area contributed by atoms with Crippen molar-refractivity contribution in [1.29, 1.82) is 0 Å². The van der Waals surface area contributed by atoms with Crippen molar-refractivity contribution in [3.8, 4) is 28.7 Å². The molecule has 2 aromatic carbocycles. The third-order valence-corrected chi connectivity index (χ3v) is 8.22. The van der Waals surface area contributed by atoms with E-state index in [4.69, 9.17) is 33.2 Å². The third-order valence-electron chi connectivity index (χ3n) is 8.22. The van der Waals surface area contributed by atoms with Crippen LogP contribution in [-0.4, -0.2) is 108 Å². The summed E-state index contributed by atoms with van der Waals surface area (Å²) in [6.07, 6.45) is -8.41. The first-order chi connectivity index (χ1) is 20.1. The van der Waals surface area contributed by atoms with Crippen LogP contribution in [0.4, 0.5) is 0 Å². The van der Waals surface area contributed by atoms with Gasteiger partial charge in [0.15, 0.2) is 29.5 Å². The molecule has 1 saturated heterocycles. The molecule has 0 spiro atoms. The Morgan fingerprint density at radius 2 is 1.79 bits per heavy atom. The molecule has 0 aliphatic carbocycles. The van der Waals surface area contributed by atoms with E-state index in [-0.39, 0.29) is 42.3 Å². The third kappa shape index (κ3) is 4.31. The molecule has 4 heterocycles. The lowest BCUT2D eigenvalue weighted by Gasteiger charge is -2.43. The molecule has 8 atom stereocenters. The minimum atomic E-state index is -2.03. The summed E-state index contributed by atoms with van der Waals surface area (Å²) >= 11 is 0. The first kappa shape index (κ1) is 28.7. The van der Waals surface area contributed by atoms with Gasteiger partial charge in [-0.15, -0.1) is 0 Å². The van der Waals surface area contributed by atoms with Crippen molar-refractivity contribution in [1.82, 2.24) is 0 Å². The van der Waals surface area contributed by atoms with E-state index in [2.05, 4.69) is 6.58 Å². The molecule has 13 nitrogen and oxygen atoms in total. The summed E-state index contributed by atoms with van der Waals surface area (Å²) in [6.45, 7) is 3.21. The van der Waals surface area contributed by atoms with Crippen LogP contribution in [0.15, 0.2) is 36.4 Å². The number of benzene rings is 2. The molecule has 13 heteroatoms. The molecule has 226 valence electrons. The number of aliphatic hydroxyl groups is 5. The van der Waals surface area contributed by atoms with Crippen LogP contribution in [-0.2, 0) is 21.5 Å². The van der Waals surface area contributed by atoms with Crippen molar-refractivity contribution in [2.75, 3.05) is 34.0 Å². The van der Waals surface area contributed by atoms with Gasteiger partial charge in [0.25, 0.3) is 0 Å². The zero-order chi connectivity index (χ0) is 29.9. The number of carbonyl (C=O) groups excluding carboxylic acids is 1. The van der Waals surface area contributed by atoms with E-state index < -0.39 is 60.9 Å². The molecule has 1 fully saturated rings. The van der Waals surface area contributed by atoms with Crippen molar-refractivity contribution in [3.63, 3.8) is 0 Å². The molecular weight excluding hydrogens is 556 g/mol. The summed E-state index contributed by atoms with van der Waals surface area (Å²) in [5, 5.41) is 51.4. The molecule has 2 aromatic rings. The van der Waals surface area contributed by atoms with Gasteiger partial charge < -0.3 is 58.7 Å². The van der Waals surface area contributed by atoms with Gasteiger partial charge in [-0.2, -0.15) is 0 Å². The summed E-state index contributed by atoms with van der Waals surface area (Å²) in [6, 6.07) is 6.23. The highest BCUT2D eigenvalue weighted by Crippen LogP contribution is 2.51. The van der Waals surface area contributed by atoms with E-state index in [1.54, 1.807) is 12.1 Å². The topological polar surface area (TPSA) is 183 Å².